The zero-order valence-electron chi connectivity index (χ0n) is 19.0. The third kappa shape index (κ3) is 5.01. The quantitative estimate of drug-likeness (QED) is 0.459. The van der Waals surface area contributed by atoms with Crippen molar-refractivity contribution in [1.82, 2.24) is 4.98 Å². The standard InChI is InChI=1S/C24H24ClN3O5S/c1-24(2,33-21(29)10-26)13-32-18-7-5-16(9-19(18)31-3)28-12-14-8-20(34-22(14)23(28)30)17-6-4-15(25)11-27-17/h4-9,11H,10,12-13,26H2,1-3H3. The van der Waals surface area contributed by atoms with Gasteiger partial charge in [-0.1, -0.05) is 11.6 Å². The molecule has 34 heavy (non-hydrogen) atoms. The molecule has 1 aromatic carbocycles. The molecule has 0 aliphatic carbocycles. The molecular weight excluding hydrogens is 478 g/mol. The van der Waals surface area contributed by atoms with Crippen molar-refractivity contribution in [2.75, 3.05) is 25.2 Å². The van der Waals surface area contributed by atoms with Crippen LogP contribution in [0.5, 0.6) is 11.5 Å². The van der Waals surface area contributed by atoms with E-state index in [2.05, 4.69) is 4.98 Å². The Balaban J connectivity index is 1.48. The second-order valence-electron chi connectivity index (χ2n) is 8.28. The van der Waals surface area contributed by atoms with Gasteiger partial charge in [0.1, 0.15) is 12.2 Å². The maximum Gasteiger partial charge on any atom is 0.320 e. The number of aromatic nitrogens is 1. The van der Waals surface area contributed by atoms with Crippen molar-refractivity contribution >= 4 is 40.5 Å². The van der Waals surface area contributed by atoms with E-state index in [1.54, 1.807) is 49.2 Å². The summed E-state index contributed by atoms with van der Waals surface area (Å²) in [6, 6.07) is 10.9. The largest absolute Gasteiger partial charge is 0.493 e. The lowest BCUT2D eigenvalue weighted by Gasteiger charge is -2.25. The number of nitrogens with two attached hydrogens (primary N) is 1. The average molecular weight is 502 g/mol. The summed E-state index contributed by atoms with van der Waals surface area (Å²) < 4.78 is 16.6. The molecule has 0 spiro atoms. The molecule has 0 atom stereocenters. The number of anilines is 1. The molecule has 8 nitrogen and oxygen atoms in total. The van der Waals surface area contributed by atoms with E-state index in [0.717, 1.165) is 16.1 Å². The predicted octanol–water partition coefficient (Wildman–Crippen LogP) is 4.29. The summed E-state index contributed by atoms with van der Waals surface area (Å²) in [7, 11) is 1.53. The number of carbonyl (C=O) groups excluding carboxylic acids is 2. The molecule has 0 saturated heterocycles. The van der Waals surface area contributed by atoms with Crippen LogP contribution in [-0.2, 0) is 16.1 Å². The fraction of sp³-hybridized carbons (Fsp3) is 0.292. The Kier molecular flexibility index (Phi) is 6.79. The fourth-order valence-corrected chi connectivity index (χ4v) is 4.73. The van der Waals surface area contributed by atoms with Crippen LogP contribution in [0.4, 0.5) is 5.69 Å². The van der Waals surface area contributed by atoms with Crippen LogP contribution >= 0.6 is 22.9 Å². The van der Waals surface area contributed by atoms with E-state index < -0.39 is 11.6 Å². The minimum absolute atomic E-state index is 0.0780. The first-order valence-corrected chi connectivity index (χ1v) is 11.7. The van der Waals surface area contributed by atoms with E-state index >= 15 is 0 Å². The van der Waals surface area contributed by atoms with Crippen LogP contribution < -0.4 is 20.1 Å². The zero-order valence-corrected chi connectivity index (χ0v) is 20.5. The lowest BCUT2D eigenvalue weighted by atomic mass is 10.1. The number of esters is 1. The van der Waals surface area contributed by atoms with Gasteiger partial charge in [-0.15, -0.1) is 11.3 Å². The molecule has 1 aliphatic heterocycles. The summed E-state index contributed by atoms with van der Waals surface area (Å²) in [5.41, 5.74) is 6.87. The van der Waals surface area contributed by atoms with Crippen molar-refractivity contribution in [3.63, 3.8) is 0 Å². The van der Waals surface area contributed by atoms with Gasteiger partial charge in [0.15, 0.2) is 11.5 Å². The SMILES string of the molecule is COc1cc(N2Cc3cc(-c4ccc(Cl)cn4)sc3C2=O)ccc1OCC(C)(C)OC(=O)CN. The predicted molar refractivity (Wildman–Crippen MR) is 131 cm³/mol. The van der Waals surface area contributed by atoms with Crippen LogP contribution in [0.15, 0.2) is 42.6 Å². The van der Waals surface area contributed by atoms with Crippen molar-refractivity contribution in [2.24, 2.45) is 5.73 Å². The van der Waals surface area contributed by atoms with Crippen LogP contribution in [0, 0.1) is 0 Å². The Bertz CT molecular complexity index is 1230. The number of thiophene rings is 1. The minimum Gasteiger partial charge on any atom is -0.493 e. The number of hydrogen-bond donors (Lipinski definition) is 1. The number of hydrogen-bond acceptors (Lipinski definition) is 8. The molecule has 1 amide bonds. The summed E-state index contributed by atoms with van der Waals surface area (Å²) in [5.74, 6) is 0.352. The molecular formula is C24H24ClN3O5S. The molecule has 0 radical (unpaired) electrons. The van der Waals surface area contributed by atoms with E-state index in [1.165, 1.54) is 18.4 Å². The summed E-state index contributed by atoms with van der Waals surface area (Å²) in [6.45, 7) is 3.82. The summed E-state index contributed by atoms with van der Waals surface area (Å²) in [5, 5.41) is 0.566. The zero-order chi connectivity index (χ0) is 24.5. The molecule has 10 heteroatoms. The number of carbonyl (C=O) groups is 2. The number of halogens is 1. The first kappa shape index (κ1) is 24.0. The maximum atomic E-state index is 13.1. The molecule has 2 aromatic heterocycles. The van der Waals surface area contributed by atoms with E-state index in [9.17, 15) is 9.59 Å². The third-order valence-corrected chi connectivity index (χ3v) is 6.56. The van der Waals surface area contributed by atoms with Gasteiger partial charge in [-0.25, -0.2) is 0 Å². The number of nitrogens with zero attached hydrogens (tertiary/aromatic N) is 2. The smallest absolute Gasteiger partial charge is 0.320 e. The fourth-order valence-electron chi connectivity index (χ4n) is 3.52. The highest BCUT2D eigenvalue weighted by molar-refractivity contribution is 7.17. The normalized spacial score (nSPS) is 13.1. The van der Waals surface area contributed by atoms with Crippen molar-refractivity contribution < 1.29 is 23.8 Å². The molecule has 0 bridgehead atoms. The van der Waals surface area contributed by atoms with Gasteiger partial charge in [-0.3, -0.25) is 14.6 Å². The van der Waals surface area contributed by atoms with Crippen LogP contribution in [0.3, 0.4) is 0 Å². The van der Waals surface area contributed by atoms with Crippen molar-refractivity contribution in [3.05, 3.63) is 58.1 Å². The Morgan fingerprint density at radius 2 is 2.03 bits per heavy atom. The average Bonchev–Trinajstić information content (AvgIpc) is 3.37. The number of rotatable bonds is 8. The van der Waals surface area contributed by atoms with E-state index in [-0.39, 0.29) is 19.1 Å². The van der Waals surface area contributed by atoms with Gasteiger partial charge < -0.3 is 24.8 Å². The van der Waals surface area contributed by atoms with Crippen molar-refractivity contribution in [3.8, 4) is 22.1 Å². The van der Waals surface area contributed by atoms with Gasteiger partial charge in [0, 0.05) is 18.0 Å². The van der Waals surface area contributed by atoms with Crippen LogP contribution in [0.1, 0.15) is 29.1 Å². The summed E-state index contributed by atoms with van der Waals surface area (Å²) >= 11 is 7.34. The first-order chi connectivity index (χ1) is 16.2. The highest BCUT2D eigenvalue weighted by Gasteiger charge is 2.32. The summed E-state index contributed by atoms with van der Waals surface area (Å²) in [6.07, 6.45) is 1.59. The Labute approximate surface area is 206 Å². The Morgan fingerprint density at radius 1 is 1.24 bits per heavy atom. The van der Waals surface area contributed by atoms with E-state index in [1.807, 2.05) is 12.1 Å². The van der Waals surface area contributed by atoms with Crippen molar-refractivity contribution in [1.29, 1.82) is 0 Å². The van der Waals surface area contributed by atoms with Crippen LogP contribution in [0.25, 0.3) is 10.6 Å². The van der Waals surface area contributed by atoms with E-state index in [0.29, 0.717) is 33.6 Å². The lowest BCUT2D eigenvalue weighted by molar-refractivity contribution is -0.157. The van der Waals surface area contributed by atoms with E-state index in [4.69, 9.17) is 31.5 Å². The number of amides is 1. The minimum atomic E-state index is -0.865. The topological polar surface area (TPSA) is 104 Å². The number of benzene rings is 1. The number of pyridine rings is 1. The molecule has 1 aliphatic rings. The Hall–Kier alpha value is -3.14. The van der Waals surface area contributed by atoms with Crippen molar-refractivity contribution in [2.45, 2.75) is 26.0 Å². The second kappa shape index (κ2) is 9.61. The monoisotopic (exact) mass is 501 g/mol. The van der Waals surface area contributed by atoms with Crippen LogP contribution in [0.2, 0.25) is 5.02 Å². The van der Waals surface area contributed by atoms with Gasteiger partial charge in [0.2, 0.25) is 0 Å². The number of fused-ring (bicyclic) bond motifs is 1. The van der Waals surface area contributed by atoms with Gasteiger partial charge in [0.25, 0.3) is 5.91 Å². The lowest BCUT2D eigenvalue weighted by Crippen LogP contribution is -2.37. The highest BCUT2D eigenvalue weighted by Crippen LogP contribution is 2.40. The van der Waals surface area contributed by atoms with Gasteiger partial charge >= 0.3 is 5.97 Å². The van der Waals surface area contributed by atoms with Gasteiger partial charge in [-0.05, 0) is 49.7 Å². The number of methoxy groups -OCH3 is 1. The maximum absolute atomic E-state index is 13.1. The van der Waals surface area contributed by atoms with Gasteiger partial charge in [-0.2, -0.15) is 0 Å². The van der Waals surface area contributed by atoms with Gasteiger partial charge in [0.05, 0.1) is 40.7 Å². The molecule has 4 rings (SSSR count). The number of ether oxygens (including phenoxy) is 3. The molecule has 0 saturated carbocycles. The van der Waals surface area contributed by atoms with Crippen LogP contribution in [-0.4, -0.2) is 42.7 Å². The molecule has 2 N–H and O–H groups in total. The molecule has 3 aromatic rings. The third-order valence-electron chi connectivity index (χ3n) is 5.15. The molecule has 178 valence electrons. The summed E-state index contributed by atoms with van der Waals surface area (Å²) in [4.78, 5) is 32.3. The first-order valence-electron chi connectivity index (χ1n) is 10.5. The second-order valence-corrected chi connectivity index (χ2v) is 9.77. The Morgan fingerprint density at radius 3 is 2.68 bits per heavy atom. The molecule has 0 unspecified atom stereocenters. The molecule has 0 fully saturated rings. The highest BCUT2D eigenvalue weighted by atomic mass is 35.5. The molecule has 3 heterocycles.